The lowest BCUT2D eigenvalue weighted by atomic mass is 10.1. The number of anilines is 1. The van der Waals surface area contributed by atoms with E-state index in [1.165, 1.54) is 0 Å². The topological polar surface area (TPSA) is 56.3 Å². The van der Waals surface area contributed by atoms with Gasteiger partial charge in [-0.3, -0.25) is 0 Å². The van der Waals surface area contributed by atoms with E-state index in [-0.39, 0.29) is 5.28 Å². The first-order chi connectivity index (χ1) is 9.72. The van der Waals surface area contributed by atoms with Gasteiger partial charge < -0.3 is 14.8 Å². The standard InChI is InChI=1S/C14H16ClN3O2/c1-19-11-3-4-12(20-2)10(9-11)5-7-16-13-6-8-17-14(15)18-13/h3-4,6,8-9H,5,7H2,1-2H3,(H,16,17,18). The molecule has 5 nitrogen and oxygen atoms in total. The Labute approximate surface area is 122 Å². The number of rotatable bonds is 6. The number of benzene rings is 1. The molecule has 0 saturated heterocycles. The van der Waals surface area contributed by atoms with Crippen LogP contribution in [-0.4, -0.2) is 30.7 Å². The highest BCUT2D eigenvalue weighted by Gasteiger charge is 2.05. The molecule has 1 aromatic carbocycles. The molecule has 0 aliphatic carbocycles. The van der Waals surface area contributed by atoms with E-state index < -0.39 is 0 Å². The van der Waals surface area contributed by atoms with Crippen LogP contribution < -0.4 is 14.8 Å². The monoisotopic (exact) mass is 293 g/mol. The molecular weight excluding hydrogens is 278 g/mol. The van der Waals surface area contributed by atoms with Gasteiger partial charge in [0.25, 0.3) is 0 Å². The molecule has 0 saturated carbocycles. The number of ether oxygens (including phenoxy) is 2. The average Bonchev–Trinajstić information content (AvgIpc) is 2.47. The van der Waals surface area contributed by atoms with Gasteiger partial charge in [-0.05, 0) is 47.9 Å². The Bertz CT molecular complexity index is 578. The summed E-state index contributed by atoms with van der Waals surface area (Å²) in [5, 5.41) is 3.42. The molecule has 0 aliphatic heterocycles. The first-order valence-corrected chi connectivity index (χ1v) is 6.54. The number of methoxy groups -OCH3 is 2. The van der Waals surface area contributed by atoms with Crippen LogP contribution in [0.15, 0.2) is 30.5 Å². The number of hydrogen-bond acceptors (Lipinski definition) is 5. The molecule has 106 valence electrons. The maximum Gasteiger partial charge on any atom is 0.224 e. The molecule has 0 radical (unpaired) electrons. The molecule has 1 N–H and O–H groups in total. The Balaban J connectivity index is 1.99. The summed E-state index contributed by atoms with van der Waals surface area (Å²) in [5.74, 6) is 2.35. The number of nitrogens with zero attached hydrogens (tertiary/aromatic N) is 2. The normalized spacial score (nSPS) is 10.2. The van der Waals surface area contributed by atoms with Crippen molar-refractivity contribution in [2.45, 2.75) is 6.42 Å². The van der Waals surface area contributed by atoms with Crippen LogP contribution in [0.5, 0.6) is 11.5 Å². The van der Waals surface area contributed by atoms with Crippen molar-refractivity contribution < 1.29 is 9.47 Å². The first-order valence-electron chi connectivity index (χ1n) is 6.16. The largest absolute Gasteiger partial charge is 0.497 e. The van der Waals surface area contributed by atoms with E-state index in [1.54, 1.807) is 26.5 Å². The van der Waals surface area contributed by atoms with Gasteiger partial charge in [0.2, 0.25) is 5.28 Å². The third-order valence-electron chi connectivity index (χ3n) is 2.81. The van der Waals surface area contributed by atoms with E-state index in [0.29, 0.717) is 12.4 Å². The quantitative estimate of drug-likeness (QED) is 0.830. The Morgan fingerprint density at radius 3 is 2.75 bits per heavy atom. The molecule has 6 heteroatoms. The smallest absolute Gasteiger partial charge is 0.224 e. The van der Waals surface area contributed by atoms with Crippen molar-refractivity contribution in [3.05, 3.63) is 41.3 Å². The van der Waals surface area contributed by atoms with Crippen molar-refractivity contribution in [3.63, 3.8) is 0 Å². The summed E-state index contributed by atoms with van der Waals surface area (Å²) >= 11 is 5.73. The average molecular weight is 294 g/mol. The fraction of sp³-hybridized carbons (Fsp3) is 0.286. The van der Waals surface area contributed by atoms with Gasteiger partial charge in [-0.25, -0.2) is 9.97 Å². The molecule has 0 amide bonds. The highest BCUT2D eigenvalue weighted by molar-refractivity contribution is 6.28. The van der Waals surface area contributed by atoms with Gasteiger partial charge >= 0.3 is 0 Å². The molecule has 1 aromatic heterocycles. The van der Waals surface area contributed by atoms with Crippen LogP contribution in [0, 0.1) is 0 Å². The highest BCUT2D eigenvalue weighted by atomic mass is 35.5. The lowest BCUT2D eigenvalue weighted by Crippen LogP contribution is -2.07. The van der Waals surface area contributed by atoms with Crippen molar-refractivity contribution in [1.29, 1.82) is 0 Å². The van der Waals surface area contributed by atoms with Gasteiger partial charge in [0, 0.05) is 12.7 Å². The predicted molar refractivity (Wildman–Crippen MR) is 78.8 cm³/mol. The lowest BCUT2D eigenvalue weighted by molar-refractivity contribution is 0.399. The third-order valence-corrected chi connectivity index (χ3v) is 3.00. The minimum Gasteiger partial charge on any atom is -0.497 e. The maximum atomic E-state index is 5.73. The zero-order valence-electron chi connectivity index (χ0n) is 11.4. The molecule has 0 bridgehead atoms. The molecule has 0 aliphatic rings. The van der Waals surface area contributed by atoms with Crippen molar-refractivity contribution in [2.24, 2.45) is 0 Å². The van der Waals surface area contributed by atoms with Gasteiger partial charge in [0.05, 0.1) is 14.2 Å². The summed E-state index contributed by atoms with van der Waals surface area (Å²) < 4.78 is 10.6. The van der Waals surface area contributed by atoms with Crippen LogP contribution in [-0.2, 0) is 6.42 Å². The Hall–Kier alpha value is -2.01. The second-order valence-corrected chi connectivity index (χ2v) is 4.40. The predicted octanol–water partition coefficient (Wildman–Crippen LogP) is 2.80. The minimum atomic E-state index is 0.231. The zero-order valence-corrected chi connectivity index (χ0v) is 12.1. The van der Waals surface area contributed by atoms with E-state index in [9.17, 15) is 0 Å². The van der Waals surface area contributed by atoms with Crippen LogP contribution in [0.3, 0.4) is 0 Å². The zero-order chi connectivity index (χ0) is 14.4. The number of halogens is 1. The molecule has 0 fully saturated rings. The number of aromatic nitrogens is 2. The minimum absolute atomic E-state index is 0.231. The molecule has 2 aromatic rings. The molecule has 0 atom stereocenters. The van der Waals surface area contributed by atoms with Crippen molar-refractivity contribution in [2.75, 3.05) is 26.1 Å². The van der Waals surface area contributed by atoms with Gasteiger partial charge in [-0.2, -0.15) is 0 Å². The van der Waals surface area contributed by atoms with E-state index in [1.807, 2.05) is 18.2 Å². The highest BCUT2D eigenvalue weighted by Crippen LogP contribution is 2.24. The Kier molecular flexibility index (Phi) is 5.01. The lowest BCUT2D eigenvalue weighted by Gasteiger charge is -2.11. The second-order valence-electron chi connectivity index (χ2n) is 4.07. The molecule has 0 spiro atoms. The van der Waals surface area contributed by atoms with Crippen molar-refractivity contribution in [1.82, 2.24) is 9.97 Å². The number of nitrogens with one attached hydrogen (secondary N) is 1. The van der Waals surface area contributed by atoms with Crippen LogP contribution in [0.4, 0.5) is 5.82 Å². The van der Waals surface area contributed by atoms with E-state index in [4.69, 9.17) is 21.1 Å². The van der Waals surface area contributed by atoms with Crippen LogP contribution in [0.2, 0.25) is 5.28 Å². The fourth-order valence-corrected chi connectivity index (χ4v) is 1.98. The van der Waals surface area contributed by atoms with Crippen LogP contribution in [0.25, 0.3) is 0 Å². The van der Waals surface area contributed by atoms with Gasteiger partial charge in [-0.1, -0.05) is 0 Å². The first kappa shape index (κ1) is 14.4. The summed E-state index contributed by atoms with van der Waals surface area (Å²) in [4.78, 5) is 7.90. The van der Waals surface area contributed by atoms with Crippen molar-refractivity contribution in [3.8, 4) is 11.5 Å². The number of hydrogen-bond donors (Lipinski definition) is 1. The van der Waals surface area contributed by atoms with Crippen LogP contribution in [0.1, 0.15) is 5.56 Å². The summed E-state index contributed by atoms with van der Waals surface area (Å²) in [6.07, 6.45) is 2.39. The Morgan fingerprint density at radius 1 is 1.20 bits per heavy atom. The van der Waals surface area contributed by atoms with Gasteiger partial charge in [0.1, 0.15) is 17.3 Å². The summed E-state index contributed by atoms with van der Waals surface area (Å²) in [6, 6.07) is 7.51. The second kappa shape index (κ2) is 6.96. The van der Waals surface area contributed by atoms with Crippen LogP contribution >= 0.6 is 11.6 Å². The fourth-order valence-electron chi connectivity index (χ4n) is 1.84. The molecular formula is C14H16ClN3O2. The SMILES string of the molecule is COc1ccc(OC)c(CCNc2ccnc(Cl)n2)c1. The van der Waals surface area contributed by atoms with Crippen molar-refractivity contribution >= 4 is 17.4 Å². The van der Waals surface area contributed by atoms with E-state index in [2.05, 4.69) is 15.3 Å². The van der Waals surface area contributed by atoms with E-state index >= 15 is 0 Å². The maximum absolute atomic E-state index is 5.73. The molecule has 0 unspecified atom stereocenters. The molecule has 1 heterocycles. The van der Waals surface area contributed by atoms with Gasteiger partial charge in [0.15, 0.2) is 0 Å². The van der Waals surface area contributed by atoms with Gasteiger partial charge in [-0.15, -0.1) is 0 Å². The van der Waals surface area contributed by atoms with E-state index in [0.717, 1.165) is 23.5 Å². The Morgan fingerprint density at radius 2 is 2.05 bits per heavy atom. The summed E-state index contributed by atoms with van der Waals surface area (Å²) in [6.45, 7) is 0.705. The summed E-state index contributed by atoms with van der Waals surface area (Å²) in [5.41, 5.74) is 1.07. The molecule has 20 heavy (non-hydrogen) atoms. The third kappa shape index (κ3) is 3.74. The summed E-state index contributed by atoms with van der Waals surface area (Å²) in [7, 11) is 3.30. The molecule has 2 rings (SSSR count).